The molecule has 1 saturated heterocycles. The molecule has 30 heavy (non-hydrogen) atoms. The van der Waals surface area contributed by atoms with Gasteiger partial charge in [-0.05, 0) is 38.0 Å². The first kappa shape index (κ1) is 19.9. The lowest BCUT2D eigenvalue weighted by Crippen LogP contribution is -2.31. The van der Waals surface area contributed by atoms with Gasteiger partial charge >= 0.3 is 0 Å². The number of aromatic nitrogens is 3. The number of anilines is 1. The van der Waals surface area contributed by atoms with Gasteiger partial charge in [-0.25, -0.2) is 9.97 Å². The third-order valence-corrected chi connectivity index (χ3v) is 6.03. The van der Waals surface area contributed by atoms with E-state index in [0.717, 1.165) is 23.3 Å². The molecule has 4 rings (SSSR count). The molecule has 0 aromatic carbocycles. The zero-order valence-electron chi connectivity index (χ0n) is 17.9. The largest absolute Gasteiger partial charge is 0.355 e. The summed E-state index contributed by atoms with van der Waals surface area (Å²) in [4.78, 5) is 40.4. The fourth-order valence-electron chi connectivity index (χ4n) is 4.14. The highest BCUT2D eigenvalue weighted by molar-refractivity contribution is 6.06. The number of hydrogen-bond donors (Lipinski definition) is 1. The highest BCUT2D eigenvalue weighted by Crippen LogP contribution is 2.50. The van der Waals surface area contributed by atoms with Crippen LogP contribution < -0.4 is 10.2 Å². The SMILES string of the molecule is CNC(=O)c1cc(N2C(=O)C(C)(C)C3CC=C(c4cnc(C)nc4)C=C32)cnc1C. The number of pyridine rings is 1. The standard InChI is InChI=1S/C23H25N5O2/c1-13-18(21(29)24-5)9-17(12-25-13)28-20-8-15(16-10-26-14(2)27-11-16)6-7-19(20)23(3,4)22(28)30/h6,8-12,19H,7H2,1-5H3,(H,24,29). The zero-order chi connectivity index (χ0) is 21.6. The smallest absolute Gasteiger partial charge is 0.252 e. The maximum Gasteiger partial charge on any atom is 0.252 e. The lowest BCUT2D eigenvalue weighted by molar-refractivity contribution is -0.125. The van der Waals surface area contributed by atoms with Crippen molar-refractivity contribution in [3.05, 3.63) is 65.2 Å². The minimum absolute atomic E-state index is 0.00191. The number of hydrogen-bond acceptors (Lipinski definition) is 5. The molecular formula is C23H25N5O2. The Balaban J connectivity index is 1.81. The van der Waals surface area contributed by atoms with Gasteiger partial charge in [0.25, 0.3) is 5.91 Å². The number of nitrogens with one attached hydrogen (secondary N) is 1. The van der Waals surface area contributed by atoms with Crippen molar-refractivity contribution in [3.63, 3.8) is 0 Å². The summed E-state index contributed by atoms with van der Waals surface area (Å²) in [6.45, 7) is 7.58. The second-order valence-corrected chi connectivity index (χ2v) is 8.30. The molecule has 0 saturated carbocycles. The molecule has 2 aromatic heterocycles. The molecule has 2 amide bonds. The van der Waals surface area contributed by atoms with Crippen LogP contribution in [0.5, 0.6) is 0 Å². The molecule has 2 aromatic rings. The molecule has 2 aliphatic rings. The van der Waals surface area contributed by atoms with Crippen molar-refractivity contribution >= 4 is 23.1 Å². The van der Waals surface area contributed by atoms with Gasteiger partial charge in [-0.3, -0.25) is 19.5 Å². The quantitative estimate of drug-likeness (QED) is 0.850. The van der Waals surface area contributed by atoms with Gasteiger partial charge in [-0.2, -0.15) is 0 Å². The van der Waals surface area contributed by atoms with Crippen molar-refractivity contribution in [1.29, 1.82) is 0 Å². The Bertz CT molecular complexity index is 1100. The van der Waals surface area contributed by atoms with Gasteiger partial charge in [0.05, 0.1) is 28.6 Å². The summed E-state index contributed by atoms with van der Waals surface area (Å²) < 4.78 is 0. The van der Waals surface area contributed by atoms with Gasteiger partial charge in [0.1, 0.15) is 5.82 Å². The van der Waals surface area contributed by atoms with Gasteiger partial charge in [-0.15, -0.1) is 0 Å². The molecule has 1 fully saturated rings. The highest BCUT2D eigenvalue weighted by Gasteiger charge is 2.51. The van der Waals surface area contributed by atoms with E-state index in [-0.39, 0.29) is 17.7 Å². The van der Waals surface area contributed by atoms with Crippen molar-refractivity contribution in [2.45, 2.75) is 34.1 Å². The Morgan fingerprint density at radius 2 is 1.87 bits per heavy atom. The average Bonchev–Trinajstić information content (AvgIpc) is 2.94. The predicted octanol–water partition coefficient (Wildman–Crippen LogP) is 3.21. The number of amides is 2. The van der Waals surface area contributed by atoms with Crippen molar-refractivity contribution < 1.29 is 9.59 Å². The first-order valence-corrected chi connectivity index (χ1v) is 9.98. The van der Waals surface area contributed by atoms with Crippen molar-refractivity contribution in [3.8, 4) is 0 Å². The number of carbonyl (C=O) groups is 2. The molecule has 3 heterocycles. The molecule has 7 nitrogen and oxygen atoms in total. The van der Waals surface area contributed by atoms with Gasteiger partial charge in [0.2, 0.25) is 5.91 Å². The summed E-state index contributed by atoms with van der Waals surface area (Å²) in [7, 11) is 1.58. The van der Waals surface area contributed by atoms with Crippen LogP contribution in [0.15, 0.2) is 42.5 Å². The van der Waals surface area contributed by atoms with Crippen LogP contribution in [-0.4, -0.2) is 33.8 Å². The summed E-state index contributed by atoms with van der Waals surface area (Å²) in [5, 5.41) is 2.64. The first-order valence-electron chi connectivity index (χ1n) is 9.98. The van der Waals surface area contributed by atoms with E-state index in [2.05, 4.69) is 26.3 Å². The average molecular weight is 403 g/mol. The van der Waals surface area contributed by atoms with Crippen molar-refractivity contribution in [1.82, 2.24) is 20.3 Å². The second-order valence-electron chi connectivity index (χ2n) is 8.30. The predicted molar refractivity (Wildman–Crippen MR) is 115 cm³/mol. The summed E-state index contributed by atoms with van der Waals surface area (Å²) in [6, 6.07) is 1.74. The van der Waals surface area contributed by atoms with E-state index in [1.807, 2.05) is 26.8 Å². The molecule has 0 bridgehead atoms. The number of carbonyl (C=O) groups excluding carboxylic acids is 2. The number of aryl methyl sites for hydroxylation is 2. The van der Waals surface area contributed by atoms with E-state index in [1.165, 1.54) is 0 Å². The lowest BCUT2D eigenvalue weighted by atomic mass is 9.75. The number of fused-ring (bicyclic) bond motifs is 1. The van der Waals surface area contributed by atoms with Gasteiger partial charge in [0.15, 0.2) is 0 Å². The lowest BCUT2D eigenvalue weighted by Gasteiger charge is -2.26. The number of rotatable bonds is 3. The first-order chi connectivity index (χ1) is 14.2. The second kappa shape index (κ2) is 7.16. The van der Waals surface area contributed by atoms with Crippen molar-refractivity contribution in [2.75, 3.05) is 11.9 Å². The van der Waals surface area contributed by atoms with Crippen LogP contribution in [0, 0.1) is 25.2 Å². The van der Waals surface area contributed by atoms with Gasteiger partial charge < -0.3 is 5.32 Å². The Morgan fingerprint density at radius 3 is 2.53 bits per heavy atom. The minimum Gasteiger partial charge on any atom is -0.355 e. The molecule has 7 heteroatoms. The third-order valence-electron chi connectivity index (χ3n) is 6.03. The van der Waals surface area contributed by atoms with E-state index in [4.69, 9.17) is 0 Å². The molecular weight excluding hydrogens is 378 g/mol. The molecule has 1 unspecified atom stereocenters. The van der Waals surface area contributed by atoms with E-state index < -0.39 is 5.41 Å². The van der Waals surface area contributed by atoms with Gasteiger partial charge in [0, 0.05) is 36.6 Å². The summed E-state index contributed by atoms with van der Waals surface area (Å²) in [5.41, 5.74) is 3.94. The molecule has 1 atom stereocenters. The van der Waals surface area contributed by atoms with E-state index >= 15 is 0 Å². The summed E-state index contributed by atoms with van der Waals surface area (Å²) in [6.07, 6.45) is 10.2. The van der Waals surface area contributed by atoms with Gasteiger partial charge in [-0.1, -0.05) is 19.9 Å². The molecule has 0 radical (unpaired) electrons. The molecule has 0 spiro atoms. The van der Waals surface area contributed by atoms with Crippen LogP contribution in [0.1, 0.15) is 47.7 Å². The molecule has 154 valence electrons. The molecule has 1 aliphatic heterocycles. The fourth-order valence-corrected chi connectivity index (χ4v) is 4.14. The van der Waals surface area contributed by atoms with Crippen LogP contribution >= 0.6 is 0 Å². The number of nitrogens with zero attached hydrogens (tertiary/aromatic N) is 4. The summed E-state index contributed by atoms with van der Waals surface area (Å²) >= 11 is 0. The Morgan fingerprint density at radius 1 is 1.17 bits per heavy atom. The van der Waals surface area contributed by atoms with E-state index in [1.54, 1.807) is 43.5 Å². The van der Waals surface area contributed by atoms with E-state index in [9.17, 15) is 9.59 Å². The monoisotopic (exact) mass is 403 g/mol. The number of allylic oxidation sites excluding steroid dienone is 4. The Kier molecular flexibility index (Phi) is 4.76. The Labute approximate surface area is 175 Å². The van der Waals surface area contributed by atoms with Crippen LogP contribution in [0.4, 0.5) is 5.69 Å². The fraction of sp³-hybridized carbons (Fsp3) is 0.348. The molecule has 1 N–H and O–H groups in total. The Hall–Kier alpha value is -3.35. The maximum absolute atomic E-state index is 13.4. The maximum atomic E-state index is 13.4. The van der Waals surface area contributed by atoms with Crippen LogP contribution in [0.2, 0.25) is 0 Å². The van der Waals surface area contributed by atoms with Crippen LogP contribution in [0.3, 0.4) is 0 Å². The van der Waals surface area contributed by atoms with Crippen LogP contribution in [0.25, 0.3) is 5.57 Å². The molecule has 1 aliphatic carbocycles. The van der Waals surface area contributed by atoms with Crippen LogP contribution in [-0.2, 0) is 4.79 Å². The minimum atomic E-state index is -0.560. The summed E-state index contributed by atoms with van der Waals surface area (Å²) in [5.74, 6) is 0.540. The highest BCUT2D eigenvalue weighted by atomic mass is 16.2. The topological polar surface area (TPSA) is 88.1 Å². The normalized spacial score (nSPS) is 19.8. The third kappa shape index (κ3) is 3.10. The zero-order valence-corrected chi connectivity index (χ0v) is 17.9. The van der Waals surface area contributed by atoms with E-state index in [0.29, 0.717) is 22.8 Å². The van der Waals surface area contributed by atoms with Crippen molar-refractivity contribution in [2.24, 2.45) is 11.3 Å².